The third-order valence-electron chi connectivity index (χ3n) is 4.60. The Hall–Kier alpha value is -1.90. The molecular weight excluding hydrogens is 456 g/mol. The number of ether oxygens (including phenoxy) is 1. The molecule has 2 aromatic carbocycles. The summed E-state index contributed by atoms with van der Waals surface area (Å²) in [6.07, 6.45) is 0. The molecule has 0 spiro atoms. The first-order valence-electron chi connectivity index (χ1n) is 9.47. The van der Waals surface area contributed by atoms with Gasteiger partial charge in [0, 0.05) is 17.6 Å². The van der Waals surface area contributed by atoms with Gasteiger partial charge in [0.25, 0.3) is 5.91 Å². The van der Waals surface area contributed by atoms with Crippen LogP contribution in [0.2, 0.25) is 0 Å². The van der Waals surface area contributed by atoms with Crippen molar-refractivity contribution in [1.29, 1.82) is 0 Å². The number of nitrogens with zero attached hydrogens (tertiary/aromatic N) is 1. The molecule has 8 heteroatoms. The highest BCUT2D eigenvalue weighted by Crippen LogP contribution is 2.24. The maximum Gasteiger partial charge on any atom is 0.258 e. The molecule has 0 aromatic heterocycles. The topological polar surface area (TPSA) is 75.7 Å². The van der Waals surface area contributed by atoms with Crippen LogP contribution in [0.15, 0.2) is 51.8 Å². The molecule has 2 aromatic rings. The van der Waals surface area contributed by atoms with Crippen LogP contribution in [-0.2, 0) is 14.8 Å². The van der Waals surface area contributed by atoms with Crippen LogP contribution < -0.4 is 10.1 Å². The van der Waals surface area contributed by atoms with Gasteiger partial charge in [-0.1, -0.05) is 41.9 Å². The van der Waals surface area contributed by atoms with Gasteiger partial charge in [0.1, 0.15) is 5.75 Å². The van der Waals surface area contributed by atoms with Crippen molar-refractivity contribution in [2.45, 2.75) is 38.6 Å². The predicted molar refractivity (Wildman–Crippen MR) is 117 cm³/mol. The Bertz CT molecular complexity index is 942. The lowest BCUT2D eigenvalue weighted by atomic mass is 10.1. The quantitative estimate of drug-likeness (QED) is 0.584. The van der Waals surface area contributed by atoms with E-state index in [1.165, 1.54) is 10.4 Å². The lowest BCUT2D eigenvalue weighted by Crippen LogP contribution is -2.31. The second-order valence-corrected chi connectivity index (χ2v) is 9.50. The van der Waals surface area contributed by atoms with E-state index in [0.717, 1.165) is 10.0 Å². The summed E-state index contributed by atoms with van der Waals surface area (Å²) in [6, 6.07) is 12.3. The van der Waals surface area contributed by atoms with Crippen LogP contribution in [0, 0.1) is 6.92 Å². The molecule has 2 rings (SSSR count). The number of carbonyl (C=O) groups is 1. The molecule has 0 saturated heterocycles. The predicted octanol–water partition coefficient (Wildman–Crippen LogP) is 4.04. The van der Waals surface area contributed by atoms with Crippen molar-refractivity contribution in [3.63, 3.8) is 0 Å². The van der Waals surface area contributed by atoms with Crippen molar-refractivity contribution in [2.75, 3.05) is 19.7 Å². The third-order valence-corrected chi connectivity index (χ3v) is 7.17. The highest BCUT2D eigenvalue weighted by molar-refractivity contribution is 9.10. The van der Waals surface area contributed by atoms with Crippen LogP contribution in [0.5, 0.6) is 5.75 Å². The first-order valence-corrected chi connectivity index (χ1v) is 11.7. The lowest BCUT2D eigenvalue weighted by molar-refractivity contribution is -0.123. The molecular formula is C21H27BrN2O4S. The molecule has 0 aliphatic rings. The number of hydrogen-bond acceptors (Lipinski definition) is 4. The van der Waals surface area contributed by atoms with Crippen molar-refractivity contribution in [2.24, 2.45) is 0 Å². The fraction of sp³-hybridized carbons (Fsp3) is 0.381. The van der Waals surface area contributed by atoms with Crippen molar-refractivity contribution in [3.05, 3.63) is 58.1 Å². The maximum atomic E-state index is 12.6. The highest BCUT2D eigenvalue weighted by Gasteiger charge is 2.22. The minimum Gasteiger partial charge on any atom is -0.484 e. The summed E-state index contributed by atoms with van der Waals surface area (Å²) in [6.45, 7) is 7.94. The number of sulfonamides is 1. The van der Waals surface area contributed by atoms with Gasteiger partial charge in [-0.2, -0.15) is 4.31 Å². The number of hydrogen-bond donors (Lipinski definition) is 1. The van der Waals surface area contributed by atoms with E-state index in [9.17, 15) is 13.2 Å². The van der Waals surface area contributed by atoms with E-state index in [-0.39, 0.29) is 23.5 Å². The Labute approximate surface area is 181 Å². The van der Waals surface area contributed by atoms with Gasteiger partial charge in [0.15, 0.2) is 6.61 Å². The summed E-state index contributed by atoms with van der Waals surface area (Å²) < 4.78 is 33.2. The van der Waals surface area contributed by atoms with E-state index in [0.29, 0.717) is 24.4 Å². The Kier molecular flexibility index (Phi) is 8.24. The van der Waals surface area contributed by atoms with Crippen LogP contribution in [0.1, 0.15) is 37.9 Å². The summed E-state index contributed by atoms with van der Waals surface area (Å²) in [7, 11) is -3.53. The van der Waals surface area contributed by atoms with Gasteiger partial charge in [0.2, 0.25) is 10.0 Å². The van der Waals surface area contributed by atoms with Crippen molar-refractivity contribution >= 4 is 31.9 Å². The van der Waals surface area contributed by atoms with E-state index in [2.05, 4.69) is 21.2 Å². The summed E-state index contributed by atoms with van der Waals surface area (Å²) in [5.41, 5.74) is 1.65. The molecule has 0 aliphatic carbocycles. The second kappa shape index (κ2) is 10.2. The van der Waals surface area contributed by atoms with Crippen LogP contribution >= 0.6 is 15.9 Å². The zero-order chi connectivity index (χ0) is 21.6. The second-order valence-electron chi connectivity index (χ2n) is 6.65. The average molecular weight is 483 g/mol. The third kappa shape index (κ3) is 6.04. The molecule has 0 radical (unpaired) electrons. The Morgan fingerprint density at radius 3 is 2.31 bits per heavy atom. The first-order chi connectivity index (χ1) is 13.7. The minimum absolute atomic E-state index is 0.149. The number of halogens is 1. The molecule has 29 heavy (non-hydrogen) atoms. The number of carbonyl (C=O) groups excluding carboxylic acids is 1. The van der Waals surface area contributed by atoms with Crippen LogP contribution in [0.4, 0.5) is 0 Å². The van der Waals surface area contributed by atoms with Crippen LogP contribution in [0.3, 0.4) is 0 Å². The van der Waals surface area contributed by atoms with E-state index in [1.54, 1.807) is 32.9 Å². The molecule has 0 heterocycles. The summed E-state index contributed by atoms with van der Waals surface area (Å²) in [5.74, 6) is 0.231. The number of aryl methyl sites for hydroxylation is 1. The van der Waals surface area contributed by atoms with Gasteiger partial charge in [0.05, 0.1) is 10.9 Å². The van der Waals surface area contributed by atoms with Gasteiger partial charge in [-0.3, -0.25) is 4.79 Å². The molecule has 6 nitrogen and oxygen atoms in total. The number of benzene rings is 2. The number of amides is 1. The summed E-state index contributed by atoms with van der Waals surface area (Å²) in [4.78, 5) is 12.4. The smallest absolute Gasteiger partial charge is 0.258 e. The van der Waals surface area contributed by atoms with Crippen molar-refractivity contribution in [1.82, 2.24) is 9.62 Å². The van der Waals surface area contributed by atoms with Gasteiger partial charge >= 0.3 is 0 Å². The fourth-order valence-electron chi connectivity index (χ4n) is 2.92. The Balaban J connectivity index is 2.00. The molecule has 1 N–H and O–H groups in total. The van der Waals surface area contributed by atoms with Gasteiger partial charge < -0.3 is 10.1 Å². The zero-order valence-corrected chi connectivity index (χ0v) is 19.5. The molecule has 0 bridgehead atoms. The molecule has 0 fully saturated rings. The largest absolute Gasteiger partial charge is 0.484 e. The lowest BCUT2D eigenvalue weighted by Gasteiger charge is -2.19. The minimum atomic E-state index is -3.53. The monoisotopic (exact) mass is 482 g/mol. The van der Waals surface area contributed by atoms with Gasteiger partial charge in [-0.25, -0.2) is 8.42 Å². The standard InChI is InChI=1S/C21H27BrN2O4S/c1-5-24(6-2)29(26,27)19-11-12-20(15(3)13-19)28-14-21(25)23-16(4)17-7-9-18(22)10-8-17/h7-13,16H,5-6,14H2,1-4H3,(H,23,25). The Morgan fingerprint density at radius 2 is 1.76 bits per heavy atom. The normalized spacial score (nSPS) is 12.6. The zero-order valence-electron chi connectivity index (χ0n) is 17.1. The van der Waals surface area contributed by atoms with E-state index in [4.69, 9.17) is 4.74 Å². The van der Waals surface area contributed by atoms with Crippen LogP contribution in [-0.4, -0.2) is 38.3 Å². The molecule has 0 saturated carbocycles. The average Bonchev–Trinajstić information content (AvgIpc) is 2.68. The number of rotatable bonds is 9. The Morgan fingerprint density at radius 1 is 1.14 bits per heavy atom. The SMILES string of the molecule is CCN(CC)S(=O)(=O)c1ccc(OCC(=O)NC(C)c2ccc(Br)cc2)c(C)c1. The van der Waals surface area contributed by atoms with Crippen molar-refractivity contribution < 1.29 is 17.9 Å². The first kappa shape index (κ1) is 23.4. The van der Waals surface area contributed by atoms with Gasteiger partial charge in [-0.05, 0) is 55.3 Å². The van der Waals surface area contributed by atoms with Crippen molar-refractivity contribution in [3.8, 4) is 5.75 Å². The summed E-state index contributed by atoms with van der Waals surface area (Å²) in [5, 5.41) is 2.89. The molecule has 0 aliphatic heterocycles. The van der Waals surface area contributed by atoms with Gasteiger partial charge in [-0.15, -0.1) is 0 Å². The molecule has 1 unspecified atom stereocenters. The highest BCUT2D eigenvalue weighted by atomic mass is 79.9. The van der Waals surface area contributed by atoms with Crippen LogP contribution in [0.25, 0.3) is 0 Å². The van der Waals surface area contributed by atoms with E-state index >= 15 is 0 Å². The van der Waals surface area contributed by atoms with E-state index < -0.39 is 10.0 Å². The summed E-state index contributed by atoms with van der Waals surface area (Å²) >= 11 is 3.39. The molecule has 158 valence electrons. The molecule has 1 amide bonds. The number of nitrogens with one attached hydrogen (secondary N) is 1. The van der Waals surface area contributed by atoms with E-state index in [1.807, 2.05) is 31.2 Å². The maximum absolute atomic E-state index is 12.6. The molecule has 1 atom stereocenters. The fourth-order valence-corrected chi connectivity index (χ4v) is 4.73.